The smallest absolute Gasteiger partial charge is 0.350 e. The lowest BCUT2D eigenvalue weighted by atomic mass is 9.93. The normalized spacial score (nSPS) is 26.1. The summed E-state index contributed by atoms with van der Waals surface area (Å²) in [5.74, 6) is -13.7. The third-order valence-electron chi connectivity index (χ3n) is 4.82. The van der Waals surface area contributed by atoms with Crippen molar-refractivity contribution in [1.29, 1.82) is 0 Å². The number of ketones is 1. The van der Waals surface area contributed by atoms with Crippen LogP contribution in [0, 0.1) is 12.4 Å². The van der Waals surface area contributed by atoms with Gasteiger partial charge in [0.05, 0.1) is 12.1 Å². The number of Topliss-reactive ketones (excluding diaryl/α,β-unsaturated/α-hetero) is 1. The minimum atomic E-state index is -5.28. The van der Waals surface area contributed by atoms with E-state index in [9.17, 15) is 36.2 Å². The van der Waals surface area contributed by atoms with Gasteiger partial charge >= 0.3 is 11.8 Å². The molecule has 144 valence electrons. The van der Waals surface area contributed by atoms with Crippen molar-refractivity contribution >= 4 is 11.5 Å². The first-order chi connectivity index (χ1) is 13.0. The third-order valence-corrected chi connectivity index (χ3v) is 4.82. The first kappa shape index (κ1) is 18.3. The highest BCUT2D eigenvalue weighted by atomic mass is 19.3. The summed E-state index contributed by atoms with van der Waals surface area (Å²) in [6, 6.07) is 3.90. The Hall–Kier alpha value is -3.06. The van der Waals surface area contributed by atoms with Crippen molar-refractivity contribution in [2.75, 3.05) is 0 Å². The van der Waals surface area contributed by atoms with Gasteiger partial charge in [0, 0.05) is 17.2 Å². The number of benzene rings is 2. The lowest BCUT2D eigenvalue weighted by molar-refractivity contribution is -0.294. The van der Waals surface area contributed by atoms with Crippen molar-refractivity contribution in [3.8, 4) is 11.5 Å². The average Bonchev–Trinajstić information content (AvgIpc) is 2.90. The fourth-order valence-electron chi connectivity index (χ4n) is 3.54. The van der Waals surface area contributed by atoms with Gasteiger partial charge < -0.3 is 9.84 Å². The summed E-state index contributed by atoms with van der Waals surface area (Å²) in [7, 11) is 0. The molecule has 2 atom stereocenters. The van der Waals surface area contributed by atoms with E-state index >= 15 is 0 Å². The van der Waals surface area contributed by atoms with Crippen LogP contribution in [0.4, 0.5) is 32.0 Å². The quantitative estimate of drug-likeness (QED) is 0.592. The van der Waals surface area contributed by atoms with E-state index in [1.165, 1.54) is 0 Å². The highest BCUT2D eigenvalue weighted by Gasteiger charge is 2.82. The summed E-state index contributed by atoms with van der Waals surface area (Å²) in [5.41, 5.74) is -7.87. The van der Waals surface area contributed by atoms with Crippen LogP contribution < -0.4 is 4.74 Å². The SMILES string of the molecule is [C-]#[N+]c1cc(F)cc(Oc2ccc3c4c2C(=O)[C@@H](F)[C@]4(O)C(F)(F)C3(F)F)c1. The zero-order chi connectivity index (χ0) is 20.6. The van der Waals surface area contributed by atoms with E-state index in [2.05, 4.69) is 4.85 Å². The van der Waals surface area contributed by atoms with Crippen molar-refractivity contribution in [1.82, 2.24) is 0 Å². The molecular formula is C18H7F6NO3. The Morgan fingerprint density at radius 1 is 1.14 bits per heavy atom. The van der Waals surface area contributed by atoms with E-state index in [1.807, 2.05) is 0 Å². The Kier molecular flexibility index (Phi) is 3.44. The maximum atomic E-state index is 14.4. The summed E-state index contributed by atoms with van der Waals surface area (Å²) in [4.78, 5) is 15.2. The molecule has 2 aromatic rings. The Balaban J connectivity index is 1.93. The van der Waals surface area contributed by atoms with Crippen LogP contribution in [0.15, 0.2) is 30.3 Å². The molecule has 2 aromatic carbocycles. The molecule has 1 N–H and O–H groups in total. The number of alkyl halides is 5. The molecule has 0 fully saturated rings. The minimum Gasteiger partial charge on any atom is -0.458 e. The van der Waals surface area contributed by atoms with E-state index < -0.39 is 57.7 Å². The van der Waals surface area contributed by atoms with E-state index in [-0.39, 0.29) is 11.4 Å². The summed E-state index contributed by atoms with van der Waals surface area (Å²) >= 11 is 0. The number of carbonyl (C=O) groups is 1. The predicted octanol–water partition coefficient (Wildman–Crippen LogP) is 4.63. The van der Waals surface area contributed by atoms with Crippen LogP contribution in [0.25, 0.3) is 4.85 Å². The van der Waals surface area contributed by atoms with Crippen molar-refractivity contribution in [3.63, 3.8) is 0 Å². The molecule has 4 nitrogen and oxygen atoms in total. The number of rotatable bonds is 2. The fourth-order valence-corrected chi connectivity index (χ4v) is 3.54. The van der Waals surface area contributed by atoms with E-state index in [4.69, 9.17) is 11.3 Å². The average molecular weight is 399 g/mol. The van der Waals surface area contributed by atoms with Crippen LogP contribution in [0.1, 0.15) is 21.5 Å². The molecule has 0 radical (unpaired) electrons. The molecule has 4 rings (SSSR count). The molecule has 0 amide bonds. The van der Waals surface area contributed by atoms with Crippen LogP contribution in [-0.4, -0.2) is 23.0 Å². The molecule has 0 aliphatic heterocycles. The molecule has 2 aliphatic rings. The Morgan fingerprint density at radius 2 is 1.82 bits per heavy atom. The second kappa shape index (κ2) is 5.26. The topological polar surface area (TPSA) is 50.9 Å². The van der Waals surface area contributed by atoms with Crippen LogP contribution in [0.3, 0.4) is 0 Å². The lowest BCUT2D eigenvalue weighted by Crippen LogP contribution is -2.53. The predicted molar refractivity (Wildman–Crippen MR) is 81.1 cm³/mol. The van der Waals surface area contributed by atoms with Gasteiger partial charge in [-0.05, 0) is 24.3 Å². The summed E-state index contributed by atoms with van der Waals surface area (Å²) in [5, 5.41) is 10.1. The zero-order valence-corrected chi connectivity index (χ0v) is 13.4. The van der Waals surface area contributed by atoms with Crippen molar-refractivity contribution in [2.24, 2.45) is 0 Å². The van der Waals surface area contributed by atoms with Gasteiger partial charge in [0.2, 0.25) is 17.6 Å². The second-order valence-electron chi connectivity index (χ2n) is 6.36. The fraction of sp³-hybridized carbons (Fsp3) is 0.222. The Morgan fingerprint density at radius 3 is 2.46 bits per heavy atom. The number of ether oxygens (including phenoxy) is 1. The Labute approximate surface area is 152 Å². The summed E-state index contributed by atoms with van der Waals surface area (Å²) < 4.78 is 89.8. The first-order valence-electron chi connectivity index (χ1n) is 7.67. The molecule has 2 aliphatic carbocycles. The van der Waals surface area contributed by atoms with E-state index in [0.717, 1.165) is 24.3 Å². The number of halogens is 6. The molecule has 28 heavy (non-hydrogen) atoms. The second-order valence-corrected chi connectivity index (χ2v) is 6.36. The van der Waals surface area contributed by atoms with Gasteiger partial charge in [0.15, 0.2) is 5.69 Å². The molecule has 0 aromatic heterocycles. The zero-order valence-electron chi connectivity index (χ0n) is 13.4. The molecule has 0 bridgehead atoms. The minimum absolute atomic E-state index is 0.197. The molecule has 10 heteroatoms. The van der Waals surface area contributed by atoms with E-state index in [1.54, 1.807) is 0 Å². The number of hydrogen-bond donors (Lipinski definition) is 1. The molecule has 0 heterocycles. The van der Waals surface area contributed by atoms with Crippen LogP contribution in [-0.2, 0) is 11.5 Å². The van der Waals surface area contributed by atoms with Gasteiger partial charge in [-0.25, -0.2) is 13.6 Å². The number of nitrogens with zero attached hydrogens (tertiary/aromatic N) is 1. The van der Waals surface area contributed by atoms with Gasteiger partial charge in [-0.15, -0.1) is 0 Å². The van der Waals surface area contributed by atoms with Gasteiger partial charge in [-0.3, -0.25) is 4.79 Å². The highest BCUT2D eigenvalue weighted by molar-refractivity contribution is 6.09. The first-order valence-corrected chi connectivity index (χ1v) is 7.67. The number of hydrogen-bond acceptors (Lipinski definition) is 3. The molecule has 0 spiro atoms. The lowest BCUT2D eigenvalue weighted by Gasteiger charge is -2.31. The maximum absolute atomic E-state index is 14.4. The van der Waals surface area contributed by atoms with Crippen LogP contribution >= 0.6 is 0 Å². The van der Waals surface area contributed by atoms with Crippen LogP contribution in [0.2, 0.25) is 0 Å². The number of carbonyl (C=O) groups excluding carboxylic acids is 1. The molecule has 0 saturated heterocycles. The van der Waals surface area contributed by atoms with Crippen LogP contribution in [0.5, 0.6) is 11.5 Å². The van der Waals surface area contributed by atoms with E-state index in [0.29, 0.717) is 6.07 Å². The van der Waals surface area contributed by atoms with Gasteiger partial charge in [0.1, 0.15) is 17.3 Å². The molecule has 0 saturated carbocycles. The van der Waals surface area contributed by atoms with Crippen molar-refractivity contribution in [3.05, 3.63) is 64.3 Å². The Bertz CT molecular complexity index is 1090. The molecule has 0 unspecified atom stereocenters. The van der Waals surface area contributed by atoms with Crippen molar-refractivity contribution < 1.29 is 41.0 Å². The molecular weight excluding hydrogens is 392 g/mol. The summed E-state index contributed by atoms with van der Waals surface area (Å²) in [6.07, 6.45) is -3.35. The number of aliphatic hydroxyl groups is 1. The van der Waals surface area contributed by atoms with Crippen molar-refractivity contribution in [2.45, 2.75) is 23.6 Å². The maximum Gasteiger partial charge on any atom is 0.350 e. The van der Waals surface area contributed by atoms with Gasteiger partial charge in [-0.2, -0.15) is 17.6 Å². The monoisotopic (exact) mass is 399 g/mol. The summed E-state index contributed by atoms with van der Waals surface area (Å²) in [6.45, 7) is 6.87. The van der Waals surface area contributed by atoms with Gasteiger partial charge in [-0.1, -0.05) is 0 Å². The standard InChI is InChI=1S/C18H7F6NO3/c1-25-8-4-7(19)5-9(6-8)28-11-3-2-10-13-12(11)14(26)15(20)16(13,27)18(23,24)17(10,21)22/h2-6,15,27H/t15-,16+/m1/s1. The highest BCUT2D eigenvalue weighted by Crippen LogP contribution is 2.66. The largest absolute Gasteiger partial charge is 0.458 e. The van der Waals surface area contributed by atoms with Gasteiger partial charge in [0.25, 0.3) is 0 Å². The third kappa shape index (κ3) is 1.91.